The maximum atomic E-state index is 13.9. The minimum Gasteiger partial charge on any atom is -0.351 e. The van der Waals surface area contributed by atoms with Crippen molar-refractivity contribution < 1.29 is 9.59 Å². The van der Waals surface area contributed by atoms with Gasteiger partial charge in [-0.2, -0.15) is 0 Å². The number of rotatable bonds is 6. The molecule has 192 valence electrons. The summed E-state index contributed by atoms with van der Waals surface area (Å²) in [6.07, 6.45) is 6.58. The van der Waals surface area contributed by atoms with Gasteiger partial charge in [-0.1, -0.05) is 20.8 Å². The maximum absolute atomic E-state index is 13.9. The number of nitrogens with zero attached hydrogens (tertiary/aromatic N) is 3. The van der Waals surface area contributed by atoms with Crippen LogP contribution in [0.5, 0.6) is 0 Å². The Labute approximate surface area is 214 Å². The van der Waals surface area contributed by atoms with Gasteiger partial charge in [0.15, 0.2) is 0 Å². The lowest BCUT2D eigenvalue weighted by Crippen LogP contribution is -2.65. The first-order valence-corrected chi connectivity index (χ1v) is 14.5. The molecule has 3 aliphatic rings. The Morgan fingerprint density at radius 1 is 1.09 bits per heavy atom. The summed E-state index contributed by atoms with van der Waals surface area (Å²) >= 11 is 1.66. The van der Waals surface area contributed by atoms with Gasteiger partial charge in [0, 0.05) is 25.7 Å². The molecule has 0 unspecified atom stereocenters. The molecular formula is C28H42N4O2S. The molecule has 4 heterocycles. The molecule has 35 heavy (non-hydrogen) atoms. The van der Waals surface area contributed by atoms with Crippen molar-refractivity contribution in [1.82, 2.24) is 19.7 Å². The van der Waals surface area contributed by atoms with Gasteiger partial charge >= 0.3 is 0 Å². The van der Waals surface area contributed by atoms with E-state index in [-0.39, 0.29) is 17.9 Å². The van der Waals surface area contributed by atoms with Crippen molar-refractivity contribution >= 4 is 33.4 Å². The van der Waals surface area contributed by atoms with Crippen LogP contribution < -0.4 is 5.32 Å². The molecule has 1 saturated carbocycles. The minimum atomic E-state index is -0.885. The Morgan fingerprint density at radius 3 is 2.51 bits per heavy atom. The van der Waals surface area contributed by atoms with Gasteiger partial charge in [-0.25, -0.2) is 0 Å². The normalized spacial score (nSPS) is 32.1. The van der Waals surface area contributed by atoms with Crippen molar-refractivity contribution in [3.05, 3.63) is 23.2 Å². The van der Waals surface area contributed by atoms with Crippen LogP contribution in [-0.4, -0.2) is 63.9 Å². The smallest absolute Gasteiger partial charge is 0.271 e. The van der Waals surface area contributed by atoms with E-state index in [4.69, 9.17) is 0 Å². The highest BCUT2D eigenvalue weighted by atomic mass is 32.1. The number of carbonyl (C=O) groups excluding carboxylic acids is 2. The molecule has 0 radical (unpaired) electrons. The molecule has 2 aromatic heterocycles. The summed E-state index contributed by atoms with van der Waals surface area (Å²) in [7, 11) is 0. The molecule has 2 fully saturated rings. The van der Waals surface area contributed by atoms with Crippen LogP contribution in [0.2, 0.25) is 0 Å². The number of thiophene rings is 1. The van der Waals surface area contributed by atoms with Gasteiger partial charge < -0.3 is 19.7 Å². The van der Waals surface area contributed by atoms with Gasteiger partial charge in [0.2, 0.25) is 5.91 Å². The lowest BCUT2D eigenvalue weighted by molar-refractivity contribution is -0.133. The van der Waals surface area contributed by atoms with Crippen LogP contribution in [0.15, 0.2) is 17.5 Å². The van der Waals surface area contributed by atoms with E-state index in [0.717, 1.165) is 85.4 Å². The highest BCUT2D eigenvalue weighted by Crippen LogP contribution is 2.35. The summed E-state index contributed by atoms with van der Waals surface area (Å²) < 4.78 is 3.21. The molecule has 6 nitrogen and oxygen atoms in total. The third-order valence-corrected chi connectivity index (χ3v) is 9.54. The second-order valence-electron chi connectivity index (χ2n) is 12.0. The number of aromatic nitrogens is 1. The van der Waals surface area contributed by atoms with Gasteiger partial charge in [-0.15, -0.1) is 11.3 Å². The Bertz CT molecular complexity index is 1060. The molecule has 5 rings (SSSR count). The van der Waals surface area contributed by atoms with Crippen LogP contribution in [-0.2, 0) is 11.3 Å². The van der Waals surface area contributed by atoms with Crippen molar-refractivity contribution in [3.8, 4) is 0 Å². The molecule has 2 amide bonds. The molecule has 0 spiro atoms. The average molecular weight is 499 g/mol. The molecule has 0 bridgehead atoms. The Kier molecular flexibility index (Phi) is 7.01. The first-order valence-electron chi connectivity index (χ1n) is 13.7. The lowest BCUT2D eigenvalue weighted by atomic mass is 9.86. The number of piperidine rings is 1. The summed E-state index contributed by atoms with van der Waals surface area (Å²) in [5, 5.41) is 5.43. The fraction of sp³-hybridized carbons (Fsp3) is 0.714. The van der Waals surface area contributed by atoms with E-state index in [1.54, 1.807) is 11.3 Å². The summed E-state index contributed by atoms with van der Waals surface area (Å²) in [6.45, 7) is 13.3. The standard InChI is InChI=1S/C28H42N4O2S/c1-19-6-8-22(9-7-19)29-27(34)28(4)18-31-23-10-13-35-25(23)15-24(31)26(33)32(28)12-5-11-30-16-20(2)14-21(3)17-30/h10,13,15,19-22H,5-9,11-12,14,16-18H2,1-4H3,(H,29,34)/t19?,20-,21-,22?,28+/m1/s1. The van der Waals surface area contributed by atoms with E-state index in [1.807, 2.05) is 17.9 Å². The van der Waals surface area contributed by atoms with Gasteiger partial charge in [-0.05, 0) is 87.3 Å². The summed E-state index contributed by atoms with van der Waals surface area (Å²) in [6, 6.07) is 4.31. The van der Waals surface area contributed by atoms with Gasteiger partial charge in [0.05, 0.1) is 16.8 Å². The highest BCUT2D eigenvalue weighted by Gasteiger charge is 2.48. The zero-order valence-corrected chi connectivity index (χ0v) is 22.7. The van der Waals surface area contributed by atoms with Crippen molar-refractivity contribution in [3.63, 3.8) is 0 Å². The van der Waals surface area contributed by atoms with E-state index in [1.165, 1.54) is 6.42 Å². The monoisotopic (exact) mass is 498 g/mol. The van der Waals surface area contributed by atoms with E-state index >= 15 is 0 Å². The fourth-order valence-electron chi connectivity index (χ4n) is 6.80. The average Bonchev–Trinajstić information content (AvgIpc) is 3.39. The second kappa shape index (κ2) is 9.89. The number of hydrogen-bond acceptors (Lipinski definition) is 4. The number of carbonyl (C=O) groups is 2. The second-order valence-corrected chi connectivity index (χ2v) is 13.0. The van der Waals surface area contributed by atoms with Crippen molar-refractivity contribution in [2.24, 2.45) is 17.8 Å². The molecule has 0 aromatic carbocycles. The van der Waals surface area contributed by atoms with Gasteiger partial charge in [0.1, 0.15) is 11.2 Å². The lowest BCUT2D eigenvalue weighted by Gasteiger charge is -2.45. The minimum absolute atomic E-state index is 0.00468. The summed E-state index contributed by atoms with van der Waals surface area (Å²) in [4.78, 5) is 32.1. The molecule has 1 N–H and O–H groups in total. The van der Waals surface area contributed by atoms with Crippen LogP contribution in [0.25, 0.3) is 10.2 Å². The number of hydrogen-bond donors (Lipinski definition) is 1. The highest BCUT2D eigenvalue weighted by molar-refractivity contribution is 7.17. The number of likely N-dealkylation sites (tertiary alicyclic amines) is 1. The predicted octanol–water partition coefficient (Wildman–Crippen LogP) is 4.98. The zero-order valence-electron chi connectivity index (χ0n) is 21.9. The quantitative estimate of drug-likeness (QED) is 0.611. The summed E-state index contributed by atoms with van der Waals surface area (Å²) in [5.74, 6) is 2.19. The Balaban J connectivity index is 1.35. The predicted molar refractivity (Wildman–Crippen MR) is 143 cm³/mol. The molecule has 1 saturated heterocycles. The van der Waals surface area contributed by atoms with E-state index < -0.39 is 5.54 Å². The molecule has 2 aromatic rings. The molecule has 2 aliphatic heterocycles. The van der Waals surface area contributed by atoms with Crippen LogP contribution in [0.4, 0.5) is 0 Å². The molecular weight excluding hydrogens is 456 g/mol. The number of fused-ring (bicyclic) bond motifs is 3. The molecule has 7 heteroatoms. The molecule has 1 aliphatic carbocycles. The van der Waals surface area contributed by atoms with E-state index in [9.17, 15) is 9.59 Å². The SMILES string of the molecule is CC1CCC(NC(=O)[C@]2(C)Cn3c(cc4sccc43)C(=O)N2CCCN2C[C@H](C)C[C@@H](C)C2)CC1. The van der Waals surface area contributed by atoms with Crippen LogP contribution in [0.1, 0.15) is 76.7 Å². The molecule has 3 atom stereocenters. The fourth-order valence-corrected chi connectivity index (χ4v) is 7.62. The maximum Gasteiger partial charge on any atom is 0.271 e. The third kappa shape index (κ3) is 4.91. The number of amides is 2. The van der Waals surface area contributed by atoms with Crippen molar-refractivity contribution in [2.75, 3.05) is 26.2 Å². The number of nitrogens with one attached hydrogen (secondary N) is 1. The van der Waals surface area contributed by atoms with E-state index in [2.05, 4.69) is 47.0 Å². The first kappa shape index (κ1) is 24.8. The van der Waals surface area contributed by atoms with Crippen LogP contribution >= 0.6 is 11.3 Å². The van der Waals surface area contributed by atoms with Crippen LogP contribution in [0, 0.1) is 17.8 Å². The Morgan fingerprint density at radius 2 is 1.80 bits per heavy atom. The summed E-state index contributed by atoms with van der Waals surface area (Å²) in [5.41, 5.74) is 0.910. The van der Waals surface area contributed by atoms with Crippen molar-refractivity contribution in [2.45, 2.75) is 84.3 Å². The zero-order chi connectivity index (χ0) is 24.7. The van der Waals surface area contributed by atoms with E-state index in [0.29, 0.717) is 13.1 Å². The Hall–Kier alpha value is -1.86. The van der Waals surface area contributed by atoms with Gasteiger partial charge in [-0.3, -0.25) is 9.59 Å². The largest absolute Gasteiger partial charge is 0.351 e. The topological polar surface area (TPSA) is 57.6 Å². The third-order valence-electron chi connectivity index (χ3n) is 8.69. The van der Waals surface area contributed by atoms with Crippen LogP contribution in [0.3, 0.4) is 0 Å². The van der Waals surface area contributed by atoms with Gasteiger partial charge in [0.25, 0.3) is 5.91 Å². The first-order chi connectivity index (χ1) is 16.7. The van der Waals surface area contributed by atoms with Crippen molar-refractivity contribution in [1.29, 1.82) is 0 Å².